The zero-order valence-corrected chi connectivity index (χ0v) is 17.2. The lowest BCUT2D eigenvalue weighted by atomic mass is 9.98. The number of rotatable bonds is 10. The van der Waals surface area contributed by atoms with Crippen LogP contribution < -0.4 is 10.6 Å². The molecule has 0 saturated carbocycles. The number of amides is 2. The normalized spacial score (nSPS) is 12.0. The molecule has 0 aliphatic heterocycles. The minimum Gasteiger partial charge on any atom is -0.481 e. The van der Waals surface area contributed by atoms with Gasteiger partial charge in [0.25, 0.3) is 0 Å². The molecule has 0 spiro atoms. The number of carboxylic acid groups (broad SMARTS) is 1. The third-order valence-corrected chi connectivity index (χ3v) is 5.70. The number of thioether (sulfide) groups is 1. The number of carbonyl (C=O) groups excluding carboxylic acids is 2. The second-order valence-corrected chi connectivity index (χ2v) is 7.90. The zero-order valence-electron chi connectivity index (χ0n) is 16.4. The molecule has 0 saturated heterocycles. The van der Waals surface area contributed by atoms with E-state index in [1.165, 1.54) is 22.9 Å². The van der Waals surface area contributed by atoms with Crippen LogP contribution in [0.5, 0.6) is 0 Å². The maximum absolute atomic E-state index is 12.0. The van der Waals surface area contributed by atoms with E-state index in [4.69, 9.17) is 9.84 Å². The van der Waals surface area contributed by atoms with Crippen LogP contribution in [0.3, 0.4) is 0 Å². The van der Waals surface area contributed by atoms with Crippen LogP contribution in [0, 0.1) is 0 Å². The molecule has 3 rings (SSSR count). The SMILES string of the molecule is O=C(O)CSCCNC(=O)CCNC(=O)OCC1c2ccccc2-c2ccccc21. The Morgan fingerprint density at radius 2 is 1.57 bits per heavy atom. The molecule has 0 aromatic heterocycles. The molecule has 3 N–H and O–H groups in total. The number of carboxylic acids is 1. The Bertz CT molecular complexity index is 872. The van der Waals surface area contributed by atoms with Crippen molar-refractivity contribution in [2.75, 3.05) is 31.2 Å². The maximum Gasteiger partial charge on any atom is 0.407 e. The highest BCUT2D eigenvalue weighted by molar-refractivity contribution is 7.99. The zero-order chi connectivity index (χ0) is 21.3. The average Bonchev–Trinajstić information content (AvgIpc) is 3.05. The van der Waals surface area contributed by atoms with Crippen LogP contribution in [0.2, 0.25) is 0 Å². The molecule has 2 aromatic rings. The molecule has 7 nitrogen and oxygen atoms in total. The summed E-state index contributed by atoms with van der Waals surface area (Å²) in [6.07, 6.45) is -0.421. The van der Waals surface area contributed by atoms with Crippen molar-refractivity contribution in [1.82, 2.24) is 10.6 Å². The van der Waals surface area contributed by atoms with Gasteiger partial charge in [-0.1, -0.05) is 48.5 Å². The molecule has 0 radical (unpaired) electrons. The van der Waals surface area contributed by atoms with E-state index in [2.05, 4.69) is 34.9 Å². The van der Waals surface area contributed by atoms with Crippen LogP contribution in [-0.4, -0.2) is 54.3 Å². The van der Waals surface area contributed by atoms with Crippen LogP contribution in [0.1, 0.15) is 23.5 Å². The molecule has 158 valence electrons. The number of hydrogen-bond acceptors (Lipinski definition) is 5. The van der Waals surface area contributed by atoms with Gasteiger partial charge in [0, 0.05) is 31.2 Å². The summed E-state index contributed by atoms with van der Waals surface area (Å²) in [7, 11) is 0. The van der Waals surface area contributed by atoms with Crippen molar-refractivity contribution >= 4 is 29.7 Å². The average molecular weight is 429 g/mol. The van der Waals surface area contributed by atoms with Gasteiger partial charge in [0.15, 0.2) is 0 Å². The number of fused-ring (bicyclic) bond motifs is 3. The van der Waals surface area contributed by atoms with Crippen LogP contribution >= 0.6 is 11.8 Å². The third kappa shape index (κ3) is 5.76. The number of carbonyl (C=O) groups is 3. The fourth-order valence-corrected chi connectivity index (χ4v) is 4.00. The summed E-state index contributed by atoms with van der Waals surface area (Å²) in [4.78, 5) is 34.2. The summed E-state index contributed by atoms with van der Waals surface area (Å²) in [6, 6.07) is 16.2. The van der Waals surface area contributed by atoms with Gasteiger partial charge in [-0.25, -0.2) is 4.79 Å². The van der Waals surface area contributed by atoms with Crippen molar-refractivity contribution in [2.24, 2.45) is 0 Å². The lowest BCUT2D eigenvalue weighted by Gasteiger charge is -2.14. The molecule has 30 heavy (non-hydrogen) atoms. The van der Waals surface area contributed by atoms with Crippen molar-refractivity contribution in [3.8, 4) is 11.1 Å². The lowest BCUT2D eigenvalue weighted by molar-refractivity contribution is -0.133. The standard InChI is InChI=1S/C22H24N2O5S/c25-20(23-11-12-30-14-21(26)27)9-10-24-22(28)29-13-19-17-7-3-1-5-15(17)16-6-2-4-8-18(16)19/h1-8,19H,9-14H2,(H,23,25)(H,24,28)(H,26,27). The van der Waals surface area contributed by atoms with E-state index in [0.29, 0.717) is 12.3 Å². The molecule has 0 atom stereocenters. The molecular formula is C22H24N2O5S. The van der Waals surface area contributed by atoms with E-state index in [9.17, 15) is 14.4 Å². The monoisotopic (exact) mass is 428 g/mol. The summed E-state index contributed by atoms with van der Waals surface area (Å²) >= 11 is 1.24. The van der Waals surface area contributed by atoms with Gasteiger partial charge in [-0.15, -0.1) is 11.8 Å². The second-order valence-electron chi connectivity index (χ2n) is 6.80. The van der Waals surface area contributed by atoms with Gasteiger partial charge in [-0.2, -0.15) is 0 Å². The first-order valence-corrected chi connectivity index (χ1v) is 10.9. The highest BCUT2D eigenvalue weighted by Gasteiger charge is 2.28. The highest BCUT2D eigenvalue weighted by atomic mass is 32.2. The quantitative estimate of drug-likeness (QED) is 0.503. The topological polar surface area (TPSA) is 105 Å². The fourth-order valence-electron chi connectivity index (χ4n) is 3.44. The van der Waals surface area contributed by atoms with E-state index >= 15 is 0 Å². The van der Waals surface area contributed by atoms with E-state index in [0.717, 1.165) is 11.1 Å². The first-order chi connectivity index (χ1) is 14.6. The van der Waals surface area contributed by atoms with Gasteiger partial charge in [-0.3, -0.25) is 9.59 Å². The number of alkyl carbamates (subject to hydrolysis) is 1. The summed E-state index contributed by atoms with van der Waals surface area (Å²) in [5.41, 5.74) is 4.62. The Hall–Kier alpha value is -3.00. The number of nitrogens with one attached hydrogen (secondary N) is 2. The molecule has 0 fully saturated rings. The van der Waals surface area contributed by atoms with Crippen LogP contribution in [0.4, 0.5) is 4.79 Å². The minimum absolute atomic E-state index is 0.00486. The second kappa shape index (κ2) is 10.7. The Morgan fingerprint density at radius 3 is 2.20 bits per heavy atom. The molecular weight excluding hydrogens is 404 g/mol. The summed E-state index contributed by atoms with van der Waals surface area (Å²) in [6.45, 7) is 0.791. The fraction of sp³-hybridized carbons (Fsp3) is 0.318. The van der Waals surface area contributed by atoms with E-state index in [1.807, 2.05) is 24.3 Å². The molecule has 2 aromatic carbocycles. The molecule has 2 amide bonds. The number of hydrogen-bond donors (Lipinski definition) is 3. The molecule has 8 heteroatoms. The van der Waals surface area contributed by atoms with Crippen molar-refractivity contribution in [3.63, 3.8) is 0 Å². The molecule has 0 heterocycles. The van der Waals surface area contributed by atoms with Crippen LogP contribution in [-0.2, 0) is 14.3 Å². The first kappa shape index (κ1) is 21.7. The Kier molecular flexibility index (Phi) is 7.73. The van der Waals surface area contributed by atoms with Crippen molar-refractivity contribution < 1.29 is 24.2 Å². The Labute approximate surface area is 179 Å². The number of benzene rings is 2. The van der Waals surface area contributed by atoms with E-state index < -0.39 is 12.1 Å². The molecule has 0 bridgehead atoms. The molecule has 0 unspecified atom stereocenters. The minimum atomic E-state index is -0.876. The Balaban J connectivity index is 1.38. The smallest absolute Gasteiger partial charge is 0.407 e. The van der Waals surface area contributed by atoms with Gasteiger partial charge in [0.05, 0.1) is 5.75 Å². The third-order valence-electron chi connectivity index (χ3n) is 4.76. The van der Waals surface area contributed by atoms with Crippen LogP contribution in [0.15, 0.2) is 48.5 Å². The first-order valence-electron chi connectivity index (χ1n) is 9.71. The van der Waals surface area contributed by atoms with Gasteiger partial charge < -0.3 is 20.5 Å². The maximum atomic E-state index is 12.0. The van der Waals surface area contributed by atoms with Crippen molar-refractivity contribution in [2.45, 2.75) is 12.3 Å². The summed E-state index contributed by atoms with van der Waals surface area (Å²) in [5, 5.41) is 13.8. The molecule has 1 aliphatic carbocycles. The van der Waals surface area contributed by atoms with Crippen molar-refractivity contribution in [1.29, 1.82) is 0 Å². The largest absolute Gasteiger partial charge is 0.481 e. The van der Waals surface area contributed by atoms with Gasteiger partial charge >= 0.3 is 12.1 Å². The lowest BCUT2D eigenvalue weighted by Crippen LogP contribution is -2.32. The van der Waals surface area contributed by atoms with Gasteiger partial charge in [0.2, 0.25) is 5.91 Å². The van der Waals surface area contributed by atoms with Crippen molar-refractivity contribution in [3.05, 3.63) is 59.7 Å². The van der Waals surface area contributed by atoms with Crippen LogP contribution in [0.25, 0.3) is 11.1 Å². The Morgan fingerprint density at radius 1 is 0.933 bits per heavy atom. The van der Waals surface area contributed by atoms with Gasteiger partial charge in [0.1, 0.15) is 6.61 Å². The predicted molar refractivity (Wildman–Crippen MR) is 116 cm³/mol. The molecule has 1 aliphatic rings. The van der Waals surface area contributed by atoms with E-state index in [-0.39, 0.29) is 37.2 Å². The van der Waals surface area contributed by atoms with E-state index in [1.54, 1.807) is 0 Å². The number of ether oxygens (including phenoxy) is 1. The number of aliphatic carboxylic acids is 1. The van der Waals surface area contributed by atoms with Gasteiger partial charge in [-0.05, 0) is 22.3 Å². The summed E-state index contributed by atoms with van der Waals surface area (Å²) in [5.74, 6) is -0.546. The predicted octanol–water partition coefficient (Wildman–Crippen LogP) is 2.85. The highest BCUT2D eigenvalue weighted by Crippen LogP contribution is 2.44. The summed E-state index contributed by atoms with van der Waals surface area (Å²) < 4.78 is 5.42.